The second-order valence-electron chi connectivity index (χ2n) is 4.98. The number of carbonyl (C=O) groups is 1. The number of nitrogens with two attached hydrogens (primary N) is 1. The van der Waals surface area contributed by atoms with E-state index in [9.17, 15) is 9.90 Å². The van der Waals surface area contributed by atoms with E-state index in [1.54, 1.807) is 0 Å². The van der Waals surface area contributed by atoms with E-state index in [1.807, 2.05) is 0 Å². The molecule has 0 bridgehead atoms. The maximum absolute atomic E-state index is 11.9. The summed E-state index contributed by atoms with van der Waals surface area (Å²) < 4.78 is 0. The van der Waals surface area contributed by atoms with Crippen molar-refractivity contribution in [3.63, 3.8) is 0 Å². The van der Waals surface area contributed by atoms with Crippen LogP contribution >= 0.6 is 0 Å². The molecule has 1 amide bonds. The van der Waals surface area contributed by atoms with Crippen molar-refractivity contribution in [1.82, 2.24) is 5.32 Å². The number of carbonyl (C=O) groups excluding carboxylic acids is 1. The topological polar surface area (TPSA) is 75.4 Å². The van der Waals surface area contributed by atoms with Crippen LogP contribution in [0, 0.1) is 5.41 Å². The first-order valence-electron chi connectivity index (χ1n) is 5.85. The van der Waals surface area contributed by atoms with Crippen LogP contribution in [-0.4, -0.2) is 29.7 Å². The Labute approximate surface area is 90.2 Å². The van der Waals surface area contributed by atoms with Crippen LogP contribution in [0.25, 0.3) is 0 Å². The molecule has 2 aliphatic rings. The van der Waals surface area contributed by atoms with Crippen LogP contribution in [0.4, 0.5) is 0 Å². The highest BCUT2D eigenvalue weighted by Gasteiger charge is 2.49. The molecule has 2 saturated carbocycles. The van der Waals surface area contributed by atoms with E-state index in [0.29, 0.717) is 13.0 Å². The Balaban J connectivity index is 1.83. The molecule has 2 aliphatic carbocycles. The number of rotatable bonds is 3. The Bertz CT molecular complexity index is 251. The van der Waals surface area contributed by atoms with Gasteiger partial charge in [-0.05, 0) is 38.5 Å². The van der Waals surface area contributed by atoms with Crippen molar-refractivity contribution in [2.75, 3.05) is 6.54 Å². The lowest BCUT2D eigenvalue weighted by molar-refractivity contribution is -0.127. The molecule has 0 radical (unpaired) electrons. The van der Waals surface area contributed by atoms with Gasteiger partial charge < -0.3 is 16.2 Å². The smallest absolute Gasteiger partial charge is 0.227 e. The highest BCUT2D eigenvalue weighted by Crippen LogP contribution is 2.44. The molecule has 4 heteroatoms. The molecule has 2 fully saturated rings. The predicted molar refractivity (Wildman–Crippen MR) is 57.1 cm³/mol. The van der Waals surface area contributed by atoms with Crippen molar-refractivity contribution in [2.45, 2.75) is 50.7 Å². The first kappa shape index (κ1) is 10.9. The second-order valence-corrected chi connectivity index (χ2v) is 4.98. The van der Waals surface area contributed by atoms with Crippen LogP contribution in [0.5, 0.6) is 0 Å². The molecule has 2 rings (SSSR count). The Kier molecular flexibility index (Phi) is 2.98. The standard InChI is InChI=1S/C11H20N2O2/c12-7-11(4-5-11)10(15)13-8-2-1-3-9(14)6-8/h8-9,14H,1-7,12H2,(H,13,15). The fraction of sp³-hybridized carbons (Fsp3) is 0.909. The minimum Gasteiger partial charge on any atom is -0.393 e. The van der Waals surface area contributed by atoms with Crippen LogP contribution < -0.4 is 11.1 Å². The van der Waals surface area contributed by atoms with Crippen molar-refractivity contribution in [2.24, 2.45) is 11.1 Å². The average molecular weight is 212 g/mol. The Morgan fingerprint density at radius 3 is 2.73 bits per heavy atom. The third-order valence-electron chi connectivity index (χ3n) is 3.71. The van der Waals surface area contributed by atoms with Gasteiger partial charge in [-0.25, -0.2) is 0 Å². The van der Waals surface area contributed by atoms with Gasteiger partial charge in [0.05, 0.1) is 11.5 Å². The highest BCUT2D eigenvalue weighted by atomic mass is 16.3. The van der Waals surface area contributed by atoms with Crippen molar-refractivity contribution < 1.29 is 9.90 Å². The minimum absolute atomic E-state index is 0.101. The zero-order valence-electron chi connectivity index (χ0n) is 9.04. The Hall–Kier alpha value is -0.610. The van der Waals surface area contributed by atoms with Crippen LogP contribution in [-0.2, 0) is 4.79 Å². The summed E-state index contributed by atoms with van der Waals surface area (Å²) in [6.45, 7) is 0.452. The van der Waals surface area contributed by atoms with Gasteiger partial charge in [0.25, 0.3) is 0 Å². The summed E-state index contributed by atoms with van der Waals surface area (Å²) in [5, 5.41) is 12.5. The van der Waals surface area contributed by atoms with E-state index in [4.69, 9.17) is 5.73 Å². The Morgan fingerprint density at radius 1 is 1.47 bits per heavy atom. The first-order chi connectivity index (χ1) is 7.16. The number of aliphatic hydroxyl groups excluding tert-OH is 1. The van der Waals surface area contributed by atoms with Gasteiger partial charge in [-0.3, -0.25) is 4.79 Å². The lowest BCUT2D eigenvalue weighted by Crippen LogP contribution is -2.45. The number of nitrogens with one attached hydrogen (secondary N) is 1. The fourth-order valence-electron chi connectivity index (χ4n) is 2.31. The highest BCUT2D eigenvalue weighted by molar-refractivity contribution is 5.85. The summed E-state index contributed by atoms with van der Waals surface area (Å²) in [6.07, 6.45) is 5.17. The minimum atomic E-state index is -0.262. The van der Waals surface area contributed by atoms with E-state index in [2.05, 4.69) is 5.32 Å². The molecule has 0 aromatic rings. The van der Waals surface area contributed by atoms with Crippen LogP contribution in [0.15, 0.2) is 0 Å². The maximum Gasteiger partial charge on any atom is 0.227 e. The van der Waals surface area contributed by atoms with Crippen LogP contribution in [0.2, 0.25) is 0 Å². The third-order valence-corrected chi connectivity index (χ3v) is 3.71. The van der Waals surface area contributed by atoms with E-state index < -0.39 is 0 Å². The number of hydrogen-bond donors (Lipinski definition) is 3. The molecule has 86 valence electrons. The number of amides is 1. The molecule has 4 nitrogen and oxygen atoms in total. The SMILES string of the molecule is NCC1(C(=O)NC2CCCC(O)C2)CC1. The summed E-state index contributed by atoms with van der Waals surface area (Å²) in [4.78, 5) is 11.9. The summed E-state index contributed by atoms with van der Waals surface area (Å²) in [5.74, 6) is 0.101. The number of hydrogen-bond acceptors (Lipinski definition) is 3. The molecular formula is C11H20N2O2. The predicted octanol–water partition coefficient (Wildman–Crippen LogP) is 0.145. The van der Waals surface area contributed by atoms with Gasteiger partial charge in [-0.15, -0.1) is 0 Å². The summed E-state index contributed by atoms with van der Waals surface area (Å²) in [7, 11) is 0. The zero-order chi connectivity index (χ0) is 10.9. The van der Waals surface area contributed by atoms with Crippen molar-refractivity contribution in [3.8, 4) is 0 Å². The largest absolute Gasteiger partial charge is 0.393 e. The average Bonchev–Trinajstić information content (AvgIpc) is 2.98. The van der Waals surface area contributed by atoms with E-state index in [-0.39, 0.29) is 23.5 Å². The van der Waals surface area contributed by atoms with E-state index in [0.717, 1.165) is 32.1 Å². The quantitative estimate of drug-likeness (QED) is 0.623. The van der Waals surface area contributed by atoms with Gasteiger partial charge in [0, 0.05) is 12.6 Å². The Morgan fingerprint density at radius 2 is 2.20 bits per heavy atom. The fourth-order valence-corrected chi connectivity index (χ4v) is 2.31. The monoisotopic (exact) mass is 212 g/mol. The molecule has 4 N–H and O–H groups in total. The van der Waals surface area contributed by atoms with Gasteiger partial charge in [0.2, 0.25) is 5.91 Å². The van der Waals surface area contributed by atoms with Crippen LogP contribution in [0.3, 0.4) is 0 Å². The van der Waals surface area contributed by atoms with Crippen molar-refractivity contribution >= 4 is 5.91 Å². The maximum atomic E-state index is 11.9. The van der Waals surface area contributed by atoms with Crippen molar-refractivity contribution in [1.29, 1.82) is 0 Å². The van der Waals surface area contributed by atoms with Crippen molar-refractivity contribution in [3.05, 3.63) is 0 Å². The molecule has 0 aliphatic heterocycles. The lowest BCUT2D eigenvalue weighted by atomic mass is 9.92. The molecule has 15 heavy (non-hydrogen) atoms. The third kappa shape index (κ3) is 2.32. The van der Waals surface area contributed by atoms with Gasteiger partial charge in [0.15, 0.2) is 0 Å². The lowest BCUT2D eigenvalue weighted by Gasteiger charge is -2.28. The summed E-state index contributed by atoms with van der Waals surface area (Å²) in [6, 6.07) is 0.158. The molecule has 0 aromatic carbocycles. The molecule has 0 saturated heterocycles. The summed E-state index contributed by atoms with van der Waals surface area (Å²) >= 11 is 0. The van der Waals surface area contributed by atoms with Gasteiger partial charge in [-0.2, -0.15) is 0 Å². The van der Waals surface area contributed by atoms with Gasteiger partial charge in [0.1, 0.15) is 0 Å². The first-order valence-corrected chi connectivity index (χ1v) is 5.85. The number of aliphatic hydroxyl groups is 1. The van der Waals surface area contributed by atoms with Gasteiger partial charge in [-0.1, -0.05) is 0 Å². The second kappa shape index (κ2) is 4.10. The summed E-state index contributed by atoms with van der Waals surface area (Å²) in [5.41, 5.74) is 5.33. The normalized spacial score (nSPS) is 33.5. The van der Waals surface area contributed by atoms with E-state index in [1.165, 1.54) is 0 Å². The molecule has 0 aromatic heterocycles. The zero-order valence-corrected chi connectivity index (χ0v) is 9.04. The van der Waals surface area contributed by atoms with Gasteiger partial charge >= 0.3 is 0 Å². The molecule has 2 unspecified atom stereocenters. The molecule has 2 atom stereocenters. The molecular weight excluding hydrogens is 192 g/mol. The van der Waals surface area contributed by atoms with Crippen LogP contribution in [0.1, 0.15) is 38.5 Å². The molecule has 0 heterocycles. The molecule has 0 spiro atoms. The van der Waals surface area contributed by atoms with E-state index >= 15 is 0 Å².